The minimum atomic E-state index is -0.201. The van der Waals surface area contributed by atoms with Gasteiger partial charge >= 0.3 is 0 Å². The van der Waals surface area contributed by atoms with Gasteiger partial charge in [-0.05, 0) is 79.8 Å². The van der Waals surface area contributed by atoms with Gasteiger partial charge < -0.3 is 24.8 Å². The Morgan fingerprint density at radius 2 is 1.78 bits per heavy atom. The van der Waals surface area contributed by atoms with E-state index in [2.05, 4.69) is 74.6 Å². The molecule has 182 valence electrons. The van der Waals surface area contributed by atoms with Crippen molar-refractivity contribution in [3.05, 3.63) is 108 Å². The summed E-state index contributed by atoms with van der Waals surface area (Å²) in [5.74, 6) is -0.201. The number of benzene rings is 2. The molecule has 0 unspecified atom stereocenters. The van der Waals surface area contributed by atoms with Crippen LogP contribution in [-0.4, -0.2) is 34.3 Å². The lowest BCUT2D eigenvalue weighted by Crippen LogP contribution is -2.30. The molecule has 1 saturated heterocycles. The summed E-state index contributed by atoms with van der Waals surface area (Å²) in [6, 6.07) is 25.9. The highest BCUT2D eigenvalue weighted by molar-refractivity contribution is 7.80. The number of aromatic nitrogens is 2. The van der Waals surface area contributed by atoms with Crippen molar-refractivity contribution in [2.45, 2.75) is 19.0 Å². The summed E-state index contributed by atoms with van der Waals surface area (Å²) in [5.41, 5.74) is 5.89. The smallest absolute Gasteiger partial charge is 0.250 e. The minimum absolute atomic E-state index is 0.00567. The number of anilines is 2. The predicted octanol–water partition coefficient (Wildman–Crippen LogP) is 4.94. The number of nitrogens with zero attached hydrogens (tertiary/aromatic N) is 3. The van der Waals surface area contributed by atoms with Gasteiger partial charge in [0.05, 0.1) is 11.7 Å². The molecule has 1 amide bonds. The lowest BCUT2D eigenvalue weighted by Gasteiger charge is -2.29. The van der Waals surface area contributed by atoms with Crippen molar-refractivity contribution < 1.29 is 9.53 Å². The molecular weight excluding hydrogens is 470 g/mol. The zero-order valence-corrected chi connectivity index (χ0v) is 20.9. The molecule has 7 nitrogen and oxygen atoms in total. The number of pyridine rings is 1. The van der Waals surface area contributed by atoms with E-state index in [1.165, 1.54) is 12.7 Å². The summed E-state index contributed by atoms with van der Waals surface area (Å²) < 4.78 is 7.10. The van der Waals surface area contributed by atoms with Crippen LogP contribution < -0.4 is 15.5 Å². The second-order valence-corrected chi connectivity index (χ2v) is 9.05. The van der Waals surface area contributed by atoms with Crippen LogP contribution in [0.3, 0.4) is 0 Å². The van der Waals surface area contributed by atoms with E-state index in [4.69, 9.17) is 17.0 Å². The molecule has 5 rings (SSSR count). The van der Waals surface area contributed by atoms with Gasteiger partial charge in [0.2, 0.25) is 5.91 Å². The third-order valence-electron chi connectivity index (χ3n) is 6.20. The molecule has 0 aliphatic carbocycles. The van der Waals surface area contributed by atoms with Crippen LogP contribution in [0.1, 0.15) is 29.0 Å². The molecule has 1 fully saturated rings. The van der Waals surface area contributed by atoms with E-state index in [1.807, 2.05) is 42.5 Å². The van der Waals surface area contributed by atoms with Gasteiger partial charge in [-0.3, -0.25) is 9.78 Å². The Balaban J connectivity index is 1.55. The van der Waals surface area contributed by atoms with Crippen LogP contribution >= 0.6 is 12.2 Å². The van der Waals surface area contributed by atoms with Crippen molar-refractivity contribution in [3.63, 3.8) is 0 Å². The number of methoxy groups -OCH3 is 1. The van der Waals surface area contributed by atoms with E-state index in [0.717, 1.165) is 22.8 Å². The summed E-state index contributed by atoms with van der Waals surface area (Å²) in [7, 11) is 1.49. The van der Waals surface area contributed by atoms with Crippen LogP contribution in [0.5, 0.6) is 0 Å². The largest absolute Gasteiger partial charge is 0.375 e. The average Bonchev–Trinajstić information content (AvgIpc) is 3.50. The second-order valence-electron chi connectivity index (χ2n) is 8.66. The van der Waals surface area contributed by atoms with Gasteiger partial charge in [0.1, 0.15) is 12.6 Å². The van der Waals surface area contributed by atoms with Crippen molar-refractivity contribution in [2.24, 2.45) is 0 Å². The molecule has 1 aliphatic rings. The molecule has 36 heavy (non-hydrogen) atoms. The monoisotopic (exact) mass is 497 g/mol. The molecular formula is C28H27N5O2S. The van der Waals surface area contributed by atoms with Crippen LogP contribution in [-0.2, 0) is 9.53 Å². The van der Waals surface area contributed by atoms with Crippen molar-refractivity contribution in [2.75, 3.05) is 23.9 Å². The summed E-state index contributed by atoms with van der Waals surface area (Å²) in [6.07, 6.45) is 3.87. The van der Waals surface area contributed by atoms with Crippen LogP contribution in [0.15, 0.2) is 91.3 Å². The van der Waals surface area contributed by atoms with E-state index in [0.29, 0.717) is 10.8 Å². The highest BCUT2D eigenvalue weighted by Gasteiger charge is 2.42. The van der Waals surface area contributed by atoms with Crippen molar-refractivity contribution in [1.82, 2.24) is 14.9 Å². The molecule has 8 heteroatoms. The van der Waals surface area contributed by atoms with Gasteiger partial charge in [-0.2, -0.15) is 0 Å². The lowest BCUT2D eigenvalue weighted by atomic mass is 10.0. The van der Waals surface area contributed by atoms with Gasteiger partial charge in [-0.15, -0.1) is 0 Å². The topological polar surface area (TPSA) is 71.4 Å². The first-order valence-corrected chi connectivity index (χ1v) is 12.1. The lowest BCUT2D eigenvalue weighted by molar-refractivity contribution is -0.119. The van der Waals surface area contributed by atoms with Crippen LogP contribution in [0.4, 0.5) is 11.4 Å². The number of amides is 1. The average molecular weight is 498 g/mol. The number of ether oxygens (including phenoxy) is 1. The van der Waals surface area contributed by atoms with Crippen molar-refractivity contribution in [1.29, 1.82) is 0 Å². The third-order valence-corrected chi connectivity index (χ3v) is 6.51. The number of carbonyl (C=O) groups is 1. The Kier molecular flexibility index (Phi) is 6.79. The van der Waals surface area contributed by atoms with E-state index >= 15 is 0 Å². The molecule has 0 bridgehead atoms. The van der Waals surface area contributed by atoms with Crippen LogP contribution in [0.25, 0.3) is 5.69 Å². The second kappa shape index (κ2) is 10.3. The zero-order valence-electron chi connectivity index (χ0n) is 20.1. The normalized spacial score (nSPS) is 17.2. The number of nitrogens with one attached hydrogen (secondary N) is 2. The first-order chi connectivity index (χ1) is 17.5. The van der Waals surface area contributed by atoms with Gasteiger partial charge in [-0.25, -0.2) is 0 Å². The Morgan fingerprint density at radius 3 is 2.47 bits per heavy atom. The summed E-state index contributed by atoms with van der Waals surface area (Å²) in [5, 5.41) is 6.95. The Hall–Kier alpha value is -4.01. The first kappa shape index (κ1) is 23.7. The number of thiocarbonyl (C=S) groups is 1. The molecule has 0 radical (unpaired) electrons. The standard InChI is InChI=1S/C28H27N5O2S/c1-19-8-12-21(13-9-19)32-17-5-7-24(32)27-26(23-6-3-4-16-29-23)31-28(36)33(27)22-14-10-20(11-15-22)30-25(34)18-35-2/h3-17,26-27H,18H2,1-2H3,(H,30,34)(H,31,36)/t26-,27-/m1/s1. The molecule has 2 aromatic carbocycles. The number of hydrogen-bond acceptors (Lipinski definition) is 4. The number of carbonyl (C=O) groups excluding carboxylic acids is 1. The molecule has 0 saturated carbocycles. The van der Waals surface area contributed by atoms with Gasteiger partial charge in [0.15, 0.2) is 5.11 Å². The third kappa shape index (κ3) is 4.73. The maximum Gasteiger partial charge on any atom is 0.250 e. The van der Waals surface area contributed by atoms with E-state index in [9.17, 15) is 4.79 Å². The van der Waals surface area contributed by atoms with Crippen molar-refractivity contribution >= 4 is 34.6 Å². The maximum atomic E-state index is 11.9. The molecule has 4 aromatic rings. The minimum Gasteiger partial charge on any atom is -0.375 e. The SMILES string of the molecule is COCC(=O)Nc1ccc(N2C(=S)N[C@H](c3ccccn3)[C@H]2c2cccn2-c2ccc(C)cc2)cc1. The predicted molar refractivity (Wildman–Crippen MR) is 145 cm³/mol. The Labute approximate surface area is 215 Å². The maximum absolute atomic E-state index is 11.9. The fraction of sp³-hybridized carbons (Fsp3) is 0.179. The quantitative estimate of drug-likeness (QED) is 0.353. The van der Waals surface area contributed by atoms with Crippen molar-refractivity contribution in [3.8, 4) is 5.69 Å². The van der Waals surface area contributed by atoms with E-state index in [-0.39, 0.29) is 24.6 Å². The number of rotatable bonds is 7. The molecule has 2 aromatic heterocycles. The fourth-order valence-electron chi connectivity index (χ4n) is 4.54. The Bertz CT molecular complexity index is 1350. The van der Waals surface area contributed by atoms with E-state index < -0.39 is 0 Å². The Morgan fingerprint density at radius 1 is 1.03 bits per heavy atom. The molecule has 2 atom stereocenters. The van der Waals surface area contributed by atoms with E-state index in [1.54, 1.807) is 6.20 Å². The number of aryl methyl sites for hydroxylation is 1. The molecule has 2 N–H and O–H groups in total. The summed E-state index contributed by atoms with van der Waals surface area (Å²) in [4.78, 5) is 18.7. The highest BCUT2D eigenvalue weighted by atomic mass is 32.1. The molecule has 3 heterocycles. The molecule has 0 spiro atoms. The van der Waals surface area contributed by atoms with Crippen LogP contribution in [0.2, 0.25) is 0 Å². The van der Waals surface area contributed by atoms with Crippen LogP contribution in [0, 0.1) is 6.92 Å². The number of hydrogen-bond donors (Lipinski definition) is 2. The highest BCUT2D eigenvalue weighted by Crippen LogP contribution is 2.42. The van der Waals surface area contributed by atoms with Gasteiger partial charge in [-0.1, -0.05) is 23.8 Å². The van der Waals surface area contributed by atoms with Gasteiger partial charge in [0.25, 0.3) is 0 Å². The fourth-order valence-corrected chi connectivity index (χ4v) is 4.89. The summed E-state index contributed by atoms with van der Waals surface area (Å²) >= 11 is 5.86. The molecule has 1 aliphatic heterocycles. The summed E-state index contributed by atoms with van der Waals surface area (Å²) in [6.45, 7) is 2.09. The van der Waals surface area contributed by atoms with Gasteiger partial charge in [0, 0.05) is 42.3 Å². The zero-order chi connectivity index (χ0) is 25.1. The first-order valence-electron chi connectivity index (χ1n) is 11.7.